The Kier molecular flexibility index (Phi) is 5.51. The Bertz CT molecular complexity index is 727. The van der Waals surface area contributed by atoms with Crippen LogP contribution < -0.4 is 5.32 Å². The number of hydrogen-bond donors (Lipinski definition) is 2. The molecule has 2 rings (SSSR count). The van der Waals surface area contributed by atoms with E-state index in [1.807, 2.05) is 13.0 Å². The lowest BCUT2D eigenvalue weighted by Crippen LogP contribution is -2.40. The number of alkyl halides is 3. The normalized spacial score (nSPS) is 18.7. The molecule has 0 aromatic rings. The van der Waals surface area contributed by atoms with Gasteiger partial charge in [-0.2, -0.15) is 10.1 Å². The fourth-order valence-corrected chi connectivity index (χ4v) is 2.36. The standard InChI is InChI=1S/C17H19F3N4O/c1-4-13(8-7-11(2)25-17(18,19)20)10-14-12(3)23-15-6-5-9-22-24(15)16(14)21/h4,6-9,21,23H,1,5,10H2,2-3H3/b11-7+,13-8+,21-16?. The predicted octanol–water partition coefficient (Wildman–Crippen LogP) is 4.32. The molecular weight excluding hydrogens is 333 g/mol. The second-order valence-corrected chi connectivity index (χ2v) is 5.46. The molecule has 25 heavy (non-hydrogen) atoms. The second-order valence-electron chi connectivity index (χ2n) is 5.46. The van der Waals surface area contributed by atoms with Gasteiger partial charge in [0, 0.05) is 30.3 Å². The van der Waals surface area contributed by atoms with Crippen LogP contribution in [0.2, 0.25) is 0 Å². The number of rotatable bonds is 5. The van der Waals surface area contributed by atoms with Crippen LogP contribution in [-0.4, -0.2) is 23.4 Å². The lowest BCUT2D eigenvalue weighted by atomic mass is 10.00. The van der Waals surface area contributed by atoms with Gasteiger partial charge in [-0.05, 0) is 31.6 Å². The fourth-order valence-electron chi connectivity index (χ4n) is 2.36. The zero-order valence-electron chi connectivity index (χ0n) is 13.9. The van der Waals surface area contributed by atoms with Gasteiger partial charge in [0.25, 0.3) is 0 Å². The highest BCUT2D eigenvalue weighted by atomic mass is 19.4. The molecule has 0 aliphatic carbocycles. The van der Waals surface area contributed by atoms with Crippen molar-refractivity contribution in [1.82, 2.24) is 10.3 Å². The summed E-state index contributed by atoms with van der Waals surface area (Å²) in [7, 11) is 0. The minimum atomic E-state index is -4.72. The van der Waals surface area contributed by atoms with E-state index in [0.29, 0.717) is 24.0 Å². The van der Waals surface area contributed by atoms with Gasteiger partial charge in [-0.3, -0.25) is 5.41 Å². The molecule has 2 aliphatic rings. The summed E-state index contributed by atoms with van der Waals surface area (Å²) in [5.41, 5.74) is 2.13. The molecule has 2 aliphatic heterocycles. The van der Waals surface area contributed by atoms with Gasteiger partial charge in [-0.1, -0.05) is 18.7 Å². The van der Waals surface area contributed by atoms with Crippen LogP contribution in [0.4, 0.5) is 13.2 Å². The lowest BCUT2D eigenvalue weighted by Gasteiger charge is -2.33. The van der Waals surface area contributed by atoms with E-state index in [-0.39, 0.29) is 11.6 Å². The maximum atomic E-state index is 12.2. The Morgan fingerprint density at radius 3 is 2.84 bits per heavy atom. The lowest BCUT2D eigenvalue weighted by molar-refractivity contribution is -0.305. The third-order valence-corrected chi connectivity index (χ3v) is 3.56. The van der Waals surface area contributed by atoms with E-state index in [0.717, 1.165) is 11.5 Å². The van der Waals surface area contributed by atoms with Crippen molar-refractivity contribution in [2.75, 3.05) is 0 Å². The average Bonchev–Trinajstić information content (AvgIpc) is 2.52. The zero-order valence-corrected chi connectivity index (χ0v) is 13.9. The van der Waals surface area contributed by atoms with Crippen molar-refractivity contribution in [2.24, 2.45) is 5.10 Å². The molecule has 0 aromatic carbocycles. The third kappa shape index (κ3) is 4.85. The van der Waals surface area contributed by atoms with Gasteiger partial charge in [0.15, 0.2) is 5.84 Å². The number of hydrogen-bond acceptors (Lipinski definition) is 4. The molecule has 0 saturated carbocycles. The highest BCUT2D eigenvalue weighted by molar-refractivity contribution is 5.99. The molecular formula is C17H19F3N4O. The Morgan fingerprint density at radius 2 is 2.20 bits per heavy atom. The summed E-state index contributed by atoms with van der Waals surface area (Å²) in [6.07, 6.45) is 4.18. The van der Waals surface area contributed by atoms with Crippen LogP contribution in [0.1, 0.15) is 26.7 Å². The molecule has 0 fully saturated rings. The summed E-state index contributed by atoms with van der Waals surface area (Å²) in [5.74, 6) is 0.672. The van der Waals surface area contributed by atoms with Crippen LogP contribution in [0.15, 0.2) is 64.4 Å². The Labute approximate surface area is 144 Å². The van der Waals surface area contributed by atoms with Crippen molar-refractivity contribution in [3.8, 4) is 0 Å². The molecule has 0 bridgehead atoms. The van der Waals surface area contributed by atoms with Gasteiger partial charge >= 0.3 is 6.36 Å². The van der Waals surface area contributed by atoms with E-state index < -0.39 is 6.36 Å². The van der Waals surface area contributed by atoms with E-state index in [2.05, 4.69) is 21.7 Å². The summed E-state index contributed by atoms with van der Waals surface area (Å²) in [5, 5.41) is 17.2. The molecule has 0 radical (unpaired) electrons. The number of nitrogens with zero attached hydrogens (tertiary/aromatic N) is 2. The average molecular weight is 352 g/mol. The first-order chi connectivity index (χ1) is 11.7. The number of allylic oxidation sites excluding steroid dienone is 7. The van der Waals surface area contributed by atoms with Gasteiger partial charge in [0.1, 0.15) is 11.6 Å². The molecule has 0 atom stereocenters. The minimum Gasteiger partial charge on any atom is -0.411 e. The third-order valence-electron chi connectivity index (χ3n) is 3.56. The van der Waals surface area contributed by atoms with E-state index in [4.69, 9.17) is 5.41 Å². The van der Waals surface area contributed by atoms with Crippen molar-refractivity contribution < 1.29 is 17.9 Å². The van der Waals surface area contributed by atoms with E-state index >= 15 is 0 Å². The maximum absolute atomic E-state index is 12.2. The molecule has 0 amide bonds. The quantitative estimate of drug-likeness (QED) is 0.572. The number of nitrogens with one attached hydrogen (secondary N) is 2. The summed E-state index contributed by atoms with van der Waals surface area (Å²) in [6.45, 7) is 6.75. The van der Waals surface area contributed by atoms with Crippen LogP contribution in [0.5, 0.6) is 0 Å². The first-order valence-electron chi connectivity index (χ1n) is 7.55. The first-order valence-corrected chi connectivity index (χ1v) is 7.55. The number of halogens is 3. The second kappa shape index (κ2) is 7.42. The van der Waals surface area contributed by atoms with Crippen molar-refractivity contribution in [2.45, 2.75) is 33.1 Å². The van der Waals surface area contributed by atoms with E-state index in [1.54, 1.807) is 6.21 Å². The zero-order chi connectivity index (χ0) is 18.6. The highest BCUT2D eigenvalue weighted by Crippen LogP contribution is 2.26. The van der Waals surface area contributed by atoms with Crippen LogP contribution in [0.3, 0.4) is 0 Å². The van der Waals surface area contributed by atoms with Crippen LogP contribution in [0, 0.1) is 5.41 Å². The topological polar surface area (TPSA) is 60.7 Å². The smallest absolute Gasteiger partial charge is 0.411 e. The van der Waals surface area contributed by atoms with Gasteiger partial charge < -0.3 is 10.1 Å². The molecule has 2 heterocycles. The molecule has 0 spiro atoms. The molecule has 0 aromatic heterocycles. The van der Waals surface area contributed by atoms with Crippen molar-refractivity contribution in [1.29, 1.82) is 5.41 Å². The number of ether oxygens (including phenoxy) is 1. The van der Waals surface area contributed by atoms with Crippen LogP contribution in [-0.2, 0) is 4.74 Å². The maximum Gasteiger partial charge on any atom is 0.572 e. The fraction of sp³-hybridized carbons (Fsp3) is 0.294. The van der Waals surface area contributed by atoms with Gasteiger partial charge in [0.2, 0.25) is 0 Å². The highest BCUT2D eigenvalue weighted by Gasteiger charge is 2.30. The Morgan fingerprint density at radius 1 is 1.48 bits per heavy atom. The monoisotopic (exact) mass is 352 g/mol. The SMILES string of the molecule is C=C/C(=C\C=C(/C)OC(F)(F)F)CC1=C(C)NC2=CCC=NN2C1=N. The van der Waals surface area contributed by atoms with Gasteiger partial charge in [-0.15, -0.1) is 13.2 Å². The van der Waals surface area contributed by atoms with Crippen LogP contribution >= 0.6 is 0 Å². The first kappa shape index (κ1) is 18.6. The molecule has 5 nitrogen and oxygen atoms in total. The van der Waals surface area contributed by atoms with Crippen LogP contribution in [0.25, 0.3) is 0 Å². The number of amidine groups is 1. The van der Waals surface area contributed by atoms with Gasteiger partial charge in [-0.25, -0.2) is 0 Å². The summed E-state index contributed by atoms with van der Waals surface area (Å²) < 4.78 is 40.3. The van der Waals surface area contributed by atoms with Gasteiger partial charge in [0.05, 0.1) is 0 Å². The Hall–Kier alpha value is -2.77. The van der Waals surface area contributed by atoms with E-state index in [1.165, 1.54) is 30.2 Å². The summed E-state index contributed by atoms with van der Waals surface area (Å²) in [6, 6.07) is 0. The molecule has 2 N–H and O–H groups in total. The summed E-state index contributed by atoms with van der Waals surface area (Å²) in [4.78, 5) is 0. The van der Waals surface area contributed by atoms with Crippen molar-refractivity contribution in [3.05, 3.63) is 59.3 Å². The Balaban J connectivity index is 2.19. The number of fused-ring (bicyclic) bond motifs is 1. The molecule has 0 saturated heterocycles. The molecule has 8 heteroatoms. The minimum absolute atomic E-state index is 0.221. The van der Waals surface area contributed by atoms with Crippen molar-refractivity contribution in [3.63, 3.8) is 0 Å². The largest absolute Gasteiger partial charge is 0.572 e. The predicted molar refractivity (Wildman–Crippen MR) is 90.4 cm³/mol. The van der Waals surface area contributed by atoms with E-state index in [9.17, 15) is 13.2 Å². The number of hydrazone groups is 1. The summed E-state index contributed by atoms with van der Waals surface area (Å²) >= 11 is 0. The molecule has 134 valence electrons. The van der Waals surface area contributed by atoms with Crippen molar-refractivity contribution >= 4 is 12.1 Å². The molecule has 0 unspecified atom stereocenters.